The molecule has 0 aromatic heterocycles. The molecule has 0 spiro atoms. The highest BCUT2D eigenvalue weighted by Crippen LogP contribution is 2.41. The monoisotopic (exact) mass is 255 g/mol. The molecule has 3 rings (SSSR count). The summed E-state index contributed by atoms with van der Waals surface area (Å²) >= 11 is 0. The third kappa shape index (κ3) is 2.10. The van der Waals surface area contributed by atoms with Gasteiger partial charge < -0.3 is 10.5 Å². The Hall–Kier alpha value is -1.54. The maximum atomic E-state index is 5.95. The first-order chi connectivity index (χ1) is 9.35. The molecule has 100 valence electrons. The van der Waals surface area contributed by atoms with Crippen LogP contribution in [0.3, 0.4) is 0 Å². The van der Waals surface area contributed by atoms with Crippen LogP contribution in [0.1, 0.15) is 42.7 Å². The van der Waals surface area contributed by atoms with Crippen LogP contribution in [-0.2, 0) is 6.54 Å². The van der Waals surface area contributed by atoms with Crippen molar-refractivity contribution in [3.8, 4) is 5.75 Å². The zero-order chi connectivity index (χ0) is 13.2. The van der Waals surface area contributed by atoms with Crippen molar-refractivity contribution >= 4 is 10.8 Å². The molecule has 0 radical (unpaired) electrons. The number of hydrogen-bond acceptors (Lipinski definition) is 2. The van der Waals surface area contributed by atoms with Gasteiger partial charge in [0.2, 0.25) is 0 Å². The van der Waals surface area contributed by atoms with Gasteiger partial charge in [-0.25, -0.2) is 0 Å². The Morgan fingerprint density at radius 2 is 1.89 bits per heavy atom. The highest BCUT2D eigenvalue weighted by Gasteiger charge is 2.22. The summed E-state index contributed by atoms with van der Waals surface area (Å²) in [5.74, 6) is 1.63. The maximum absolute atomic E-state index is 5.95. The van der Waals surface area contributed by atoms with Crippen LogP contribution >= 0.6 is 0 Å². The van der Waals surface area contributed by atoms with Crippen LogP contribution in [-0.4, -0.2) is 7.11 Å². The summed E-state index contributed by atoms with van der Waals surface area (Å²) in [6, 6.07) is 10.7. The van der Waals surface area contributed by atoms with Gasteiger partial charge in [0.25, 0.3) is 0 Å². The SMILES string of the molecule is COc1cccc2c(C3CCCC3)c(CN)ccc12. The zero-order valence-corrected chi connectivity index (χ0v) is 11.5. The number of fused-ring (bicyclic) bond motifs is 1. The largest absolute Gasteiger partial charge is 0.496 e. The molecular formula is C17H21NO. The summed E-state index contributed by atoms with van der Waals surface area (Å²) in [7, 11) is 1.74. The smallest absolute Gasteiger partial charge is 0.126 e. The molecule has 0 heterocycles. The first-order valence-corrected chi connectivity index (χ1v) is 7.13. The average molecular weight is 255 g/mol. The number of methoxy groups -OCH3 is 1. The van der Waals surface area contributed by atoms with Crippen LogP contribution < -0.4 is 10.5 Å². The molecule has 2 nitrogen and oxygen atoms in total. The van der Waals surface area contributed by atoms with Crippen molar-refractivity contribution in [2.75, 3.05) is 7.11 Å². The molecule has 1 fully saturated rings. The van der Waals surface area contributed by atoms with E-state index in [1.165, 1.54) is 47.6 Å². The molecule has 2 heteroatoms. The van der Waals surface area contributed by atoms with E-state index in [1.807, 2.05) is 6.07 Å². The van der Waals surface area contributed by atoms with E-state index >= 15 is 0 Å². The third-order valence-electron chi connectivity index (χ3n) is 4.36. The lowest BCUT2D eigenvalue weighted by molar-refractivity contribution is 0.420. The molecule has 1 aliphatic carbocycles. The lowest BCUT2D eigenvalue weighted by atomic mass is 9.88. The second-order valence-electron chi connectivity index (χ2n) is 5.38. The summed E-state index contributed by atoms with van der Waals surface area (Å²) in [6.07, 6.45) is 5.27. The molecule has 0 unspecified atom stereocenters. The van der Waals surface area contributed by atoms with E-state index < -0.39 is 0 Å². The molecule has 0 atom stereocenters. The average Bonchev–Trinajstić information content (AvgIpc) is 2.99. The number of benzene rings is 2. The standard InChI is InChI=1S/C17H21NO/c1-19-16-8-4-7-15-14(16)10-9-13(11-18)17(15)12-5-2-3-6-12/h4,7-10,12H,2-3,5-6,11,18H2,1H3. The van der Waals surface area contributed by atoms with Crippen LogP contribution in [0.2, 0.25) is 0 Å². The van der Waals surface area contributed by atoms with Gasteiger partial charge in [0, 0.05) is 11.9 Å². The van der Waals surface area contributed by atoms with Crippen LogP contribution in [0.5, 0.6) is 5.75 Å². The number of ether oxygens (including phenoxy) is 1. The molecular weight excluding hydrogens is 234 g/mol. The number of rotatable bonds is 3. The third-order valence-corrected chi connectivity index (χ3v) is 4.36. The molecule has 1 aliphatic rings. The van der Waals surface area contributed by atoms with Gasteiger partial charge >= 0.3 is 0 Å². The van der Waals surface area contributed by atoms with Crippen molar-refractivity contribution in [2.45, 2.75) is 38.1 Å². The summed E-state index contributed by atoms with van der Waals surface area (Å²) in [5, 5.41) is 2.54. The van der Waals surface area contributed by atoms with Crippen molar-refractivity contribution < 1.29 is 4.74 Å². The first kappa shape index (κ1) is 12.5. The van der Waals surface area contributed by atoms with Gasteiger partial charge in [0.1, 0.15) is 5.75 Å². The Bertz CT molecular complexity index is 585. The number of nitrogens with two attached hydrogens (primary N) is 1. The van der Waals surface area contributed by atoms with Gasteiger partial charge in [0.15, 0.2) is 0 Å². The van der Waals surface area contributed by atoms with E-state index in [1.54, 1.807) is 7.11 Å². The molecule has 2 N–H and O–H groups in total. The van der Waals surface area contributed by atoms with Crippen molar-refractivity contribution in [2.24, 2.45) is 5.73 Å². The van der Waals surface area contributed by atoms with Gasteiger partial charge in [0.05, 0.1) is 7.11 Å². The van der Waals surface area contributed by atoms with Gasteiger partial charge in [-0.15, -0.1) is 0 Å². The molecule has 19 heavy (non-hydrogen) atoms. The Morgan fingerprint density at radius 3 is 2.58 bits per heavy atom. The van der Waals surface area contributed by atoms with Crippen LogP contribution in [0.4, 0.5) is 0 Å². The Labute approximate surface area is 114 Å². The fourth-order valence-electron chi connectivity index (χ4n) is 3.45. The molecule has 2 aromatic carbocycles. The summed E-state index contributed by atoms with van der Waals surface area (Å²) in [6.45, 7) is 0.624. The van der Waals surface area contributed by atoms with E-state index in [2.05, 4.69) is 24.3 Å². The maximum Gasteiger partial charge on any atom is 0.126 e. The molecule has 2 aromatic rings. The predicted molar refractivity (Wildman–Crippen MR) is 79.6 cm³/mol. The molecule has 1 saturated carbocycles. The van der Waals surface area contributed by atoms with Gasteiger partial charge in [-0.2, -0.15) is 0 Å². The highest BCUT2D eigenvalue weighted by atomic mass is 16.5. The fourth-order valence-corrected chi connectivity index (χ4v) is 3.45. The van der Waals surface area contributed by atoms with Gasteiger partial charge in [-0.1, -0.05) is 37.1 Å². The predicted octanol–water partition coefficient (Wildman–Crippen LogP) is 3.96. The minimum Gasteiger partial charge on any atom is -0.496 e. The lowest BCUT2D eigenvalue weighted by Crippen LogP contribution is -2.05. The topological polar surface area (TPSA) is 35.2 Å². The fraction of sp³-hybridized carbons (Fsp3) is 0.412. The quantitative estimate of drug-likeness (QED) is 0.900. The Balaban J connectivity index is 2.25. The molecule has 0 bridgehead atoms. The van der Waals surface area contributed by atoms with E-state index in [4.69, 9.17) is 10.5 Å². The summed E-state index contributed by atoms with van der Waals surface area (Å²) in [5.41, 5.74) is 8.72. The Morgan fingerprint density at radius 1 is 1.11 bits per heavy atom. The normalized spacial score (nSPS) is 16.1. The van der Waals surface area contributed by atoms with Crippen molar-refractivity contribution in [3.63, 3.8) is 0 Å². The lowest BCUT2D eigenvalue weighted by Gasteiger charge is -2.18. The highest BCUT2D eigenvalue weighted by molar-refractivity contribution is 5.92. The van der Waals surface area contributed by atoms with Crippen LogP contribution in [0, 0.1) is 0 Å². The van der Waals surface area contributed by atoms with Crippen LogP contribution in [0.15, 0.2) is 30.3 Å². The summed E-state index contributed by atoms with van der Waals surface area (Å²) in [4.78, 5) is 0. The minimum atomic E-state index is 0.624. The van der Waals surface area contributed by atoms with E-state index in [0.717, 1.165) is 5.75 Å². The van der Waals surface area contributed by atoms with Crippen molar-refractivity contribution in [1.82, 2.24) is 0 Å². The molecule has 0 saturated heterocycles. The zero-order valence-electron chi connectivity index (χ0n) is 11.5. The van der Waals surface area contributed by atoms with Crippen molar-refractivity contribution in [1.29, 1.82) is 0 Å². The van der Waals surface area contributed by atoms with Gasteiger partial charge in [-0.3, -0.25) is 0 Å². The van der Waals surface area contributed by atoms with E-state index in [9.17, 15) is 0 Å². The van der Waals surface area contributed by atoms with E-state index in [0.29, 0.717) is 12.5 Å². The van der Waals surface area contributed by atoms with Crippen molar-refractivity contribution in [3.05, 3.63) is 41.5 Å². The second kappa shape index (κ2) is 5.22. The minimum absolute atomic E-state index is 0.624. The van der Waals surface area contributed by atoms with E-state index in [-0.39, 0.29) is 0 Å². The Kier molecular flexibility index (Phi) is 3.43. The number of hydrogen-bond donors (Lipinski definition) is 1. The molecule has 0 aliphatic heterocycles. The first-order valence-electron chi connectivity index (χ1n) is 7.13. The summed E-state index contributed by atoms with van der Waals surface area (Å²) < 4.78 is 5.49. The molecule has 0 amide bonds. The van der Waals surface area contributed by atoms with Gasteiger partial charge in [-0.05, 0) is 41.3 Å². The second-order valence-corrected chi connectivity index (χ2v) is 5.38. The van der Waals surface area contributed by atoms with Crippen LogP contribution in [0.25, 0.3) is 10.8 Å².